The van der Waals surface area contributed by atoms with Crippen molar-refractivity contribution in [2.24, 2.45) is 23.2 Å². The van der Waals surface area contributed by atoms with Crippen LogP contribution in [-0.2, 0) is 17.8 Å². The summed E-state index contributed by atoms with van der Waals surface area (Å²) in [6.45, 7) is 1.06. The van der Waals surface area contributed by atoms with Gasteiger partial charge in [-0.25, -0.2) is 4.98 Å². The largest absolute Gasteiger partial charge is 0.328 e. The number of anilines is 1. The molecule has 2 heterocycles. The molecule has 1 aromatic heterocycles. The number of amides is 1. The van der Waals surface area contributed by atoms with E-state index in [0.29, 0.717) is 0 Å². The van der Waals surface area contributed by atoms with Gasteiger partial charge in [-0.2, -0.15) is 0 Å². The van der Waals surface area contributed by atoms with Gasteiger partial charge in [0.2, 0.25) is 5.91 Å². The Morgan fingerprint density at radius 1 is 1.04 bits per heavy atom. The number of hydrogen-bond donors (Lipinski definition) is 1. The lowest BCUT2D eigenvalue weighted by atomic mass is 9.49. The zero-order chi connectivity index (χ0) is 18.0. The molecule has 2 aromatic rings. The van der Waals surface area contributed by atoms with Gasteiger partial charge in [0.1, 0.15) is 5.82 Å². The number of benzene rings is 1. The van der Waals surface area contributed by atoms with Gasteiger partial charge < -0.3 is 9.88 Å². The Morgan fingerprint density at radius 3 is 2.37 bits per heavy atom. The number of rotatable bonds is 3. The van der Waals surface area contributed by atoms with Gasteiger partial charge in [-0.15, -0.1) is 0 Å². The second-order valence-electron chi connectivity index (χ2n) is 9.54. The Labute approximate surface area is 160 Å². The molecule has 4 nitrogen and oxygen atoms in total. The summed E-state index contributed by atoms with van der Waals surface area (Å²) in [6.07, 6.45) is 11.7. The molecule has 1 amide bonds. The van der Waals surface area contributed by atoms with Crippen LogP contribution in [0.15, 0.2) is 30.5 Å². The van der Waals surface area contributed by atoms with Crippen molar-refractivity contribution in [3.63, 3.8) is 0 Å². The van der Waals surface area contributed by atoms with E-state index in [1.807, 2.05) is 6.20 Å². The molecule has 0 radical (unpaired) electrons. The standard InChI is InChI=1S/C23H27N3O/c27-22(23-11-15-8-16(12-23)10-17(9-15)13-23)25-19-5-3-18(4-6-19)20-14-24-21-2-1-7-26(20)21/h3-6,14-17H,1-2,7-13H2,(H,25,27). The molecule has 140 valence electrons. The van der Waals surface area contributed by atoms with E-state index < -0.39 is 0 Å². The molecule has 0 saturated heterocycles. The lowest BCUT2D eigenvalue weighted by Gasteiger charge is -2.55. The van der Waals surface area contributed by atoms with E-state index in [-0.39, 0.29) is 11.3 Å². The number of imidazole rings is 1. The highest BCUT2D eigenvalue weighted by atomic mass is 16.2. The number of aryl methyl sites for hydroxylation is 1. The van der Waals surface area contributed by atoms with Crippen molar-refractivity contribution >= 4 is 11.6 Å². The van der Waals surface area contributed by atoms with E-state index in [1.165, 1.54) is 42.8 Å². The van der Waals surface area contributed by atoms with Crippen molar-refractivity contribution in [2.75, 3.05) is 5.32 Å². The van der Waals surface area contributed by atoms with Crippen LogP contribution in [0.5, 0.6) is 0 Å². The number of nitrogens with one attached hydrogen (secondary N) is 1. The summed E-state index contributed by atoms with van der Waals surface area (Å²) >= 11 is 0. The average Bonchev–Trinajstić information content (AvgIpc) is 3.25. The molecule has 0 spiro atoms. The van der Waals surface area contributed by atoms with Crippen LogP contribution in [0.25, 0.3) is 11.3 Å². The summed E-state index contributed by atoms with van der Waals surface area (Å²) in [5, 5.41) is 3.26. The summed E-state index contributed by atoms with van der Waals surface area (Å²) in [7, 11) is 0. The second kappa shape index (κ2) is 5.70. The molecule has 4 saturated carbocycles. The van der Waals surface area contributed by atoms with Crippen molar-refractivity contribution in [3.05, 3.63) is 36.3 Å². The van der Waals surface area contributed by atoms with Gasteiger partial charge in [-0.05, 0) is 80.4 Å². The number of fused-ring (bicyclic) bond motifs is 1. The Morgan fingerprint density at radius 2 is 1.70 bits per heavy atom. The normalized spacial score (nSPS) is 33.3. The number of nitrogens with zero attached hydrogens (tertiary/aromatic N) is 2. The highest BCUT2D eigenvalue weighted by Crippen LogP contribution is 2.60. The third-order valence-corrected chi connectivity index (χ3v) is 7.68. The van der Waals surface area contributed by atoms with Crippen LogP contribution in [-0.4, -0.2) is 15.5 Å². The van der Waals surface area contributed by atoms with Crippen molar-refractivity contribution in [2.45, 2.75) is 57.9 Å². The molecule has 1 aromatic carbocycles. The van der Waals surface area contributed by atoms with Gasteiger partial charge in [0.05, 0.1) is 17.3 Å². The minimum Gasteiger partial charge on any atom is -0.328 e. The third kappa shape index (κ3) is 2.49. The first-order valence-electron chi connectivity index (χ1n) is 10.6. The van der Waals surface area contributed by atoms with Gasteiger partial charge in [-0.1, -0.05) is 12.1 Å². The minimum absolute atomic E-state index is 0.0836. The quantitative estimate of drug-likeness (QED) is 0.865. The van der Waals surface area contributed by atoms with Crippen molar-refractivity contribution < 1.29 is 4.79 Å². The summed E-state index contributed by atoms with van der Waals surface area (Å²) in [4.78, 5) is 17.8. The fourth-order valence-electron chi connectivity index (χ4n) is 6.87. The Kier molecular flexibility index (Phi) is 3.36. The fourth-order valence-corrected chi connectivity index (χ4v) is 6.87. The number of carbonyl (C=O) groups is 1. The molecule has 4 bridgehead atoms. The first-order chi connectivity index (χ1) is 13.2. The summed E-state index contributed by atoms with van der Waals surface area (Å²) < 4.78 is 2.32. The zero-order valence-electron chi connectivity index (χ0n) is 15.8. The topological polar surface area (TPSA) is 46.9 Å². The van der Waals surface area contributed by atoms with Crippen LogP contribution in [0.4, 0.5) is 5.69 Å². The SMILES string of the molecule is O=C(Nc1ccc(-c2cnc3n2CCC3)cc1)C12CC3CC(CC(C3)C1)C2. The van der Waals surface area contributed by atoms with Gasteiger partial charge in [0, 0.05) is 18.7 Å². The van der Waals surface area contributed by atoms with Crippen molar-refractivity contribution in [1.82, 2.24) is 9.55 Å². The predicted octanol–water partition coefficient (Wildman–Crippen LogP) is 4.65. The van der Waals surface area contributed by atoms with Gasteiger partial charge in [0.25, 0.3) is 0 Å². The smallest absolute Gasteiger partial charge is 0.230 e. The molecule has 5 aliphatic rings. The van der Waals surface area contributed by atoms with E-state index >= 15 is 0 Å². The van der Waals surface area contributed by atoms with Gasteiger partial charge >= 0.3 is 0 Å². The summed E-state index contributed by atoms with van der Waals surface area (Å²) in [6, 6.07) is 8.36. The van der Waals surface area contributed by atoms with Crippen LogP contribution in [0.2, 0.25) is 0 Å². The maximum absolute atomic E-state index is 13.2. The van der Waals surface area contributed by atoms with Crippen molar-refractivity contribution in [1.29, 1.82) is 0 Å². The van der Waals surface area contributed by atoms with Gasteiger partial charge in [0.15, 0.2) is 0 Å². The maximum Gasteiger partial charge on any atom is 0.230 e. The Hall–Kier alpha value is -2.10. The van der Waals surface area contributed by atoms with Crippen LogP contribution < -0.4 is 5.32 Å². The lowest BCUT2D eigenvalue weighted by Crippen LogP contribution is -2.51. The first kappa shape index (κ1) is 15.9. The molecule has 4 aliphatic carbocycles. The maximum atomic E-state index is 13.2. The number of carbonyl (C=O) groups excluding carboxylic acids is 1. The van der Waals surface area contributed by atoms with E-state index in [0.717, 1.165) is 55.7 Å². The van der Waals surface area contributed by atoms with Crippen LogP contribution in [0.3, 0.4) is 0 Å². The Bertz CT molecular complexity index is 860. The van der Waals surface area contributed by atoms with Crippen LogP contribution >= 0.6 is 0 Å². The first-order valence-corrected chi connectivity index (χ1v) is 10.6. The van der Waals surface area contributed by atoms with Crippen LogP contribution in [0, 0.1) is 23.2 Å². The molecule has 4 heteroatoms. The summed E-state index contributed by atoms with van der Waals surface area (Å²) in [5.41, 5.74) is 3.23. The highest BCUT2D eigenvalue weighted by Gasteiger charge is 2.54. The monoisotopic (exact) mass is 361 g/mol. The van der Waals surface area contributed by atoms with Crippen LogP contribution in [0.1, 0.15) is 50.8 Å². The highest BCUT2D eigenvalue weighted by molar-refractivity contribution is 5.95. The lowest BCUT2D eigenvalue weighted by molar-refractivity contribution is -0.140. The third-order valence-electron chi connectivity index (χ3n) is 7.68. The molecule has 0 unspecified atom stereocenters. The minimum atomic E-state index is -0.0836. The fraction of sp³-hybridized carbons (Fsp3) is 0.565. The molecule has 7 rings (SSSR count). The summed E-state index contributed by atoms with van der Waals surface area (Å²) in [5.74, 6) is 3.87. The predicted molar refractivity (Wildman–Crippen MR) is 105 cm³/mol. The molecule has 1 aliphatic heterocycles. The van der Waals surface area contributed by atoms with E-state index in [1.54, 1.807) is 0 Å². The molecular weight excluding hydrogens is 334 g/mol. The molecule has 0 atom stereocenters. The average molecular weight is 361 g/mol. The second-order valence-corrected chi connectivity index (χ2v) is 9.54. The molecule has 27 heavy (non-hydrogen) atoms. The molecule has 1 N–H and O–H groups in total. The molecular formula is C23H27N3O. The van der Waals surface area contributed by atoms with E-state index in [9.17, 15) is 4.79 Å². The Balaban J connectivity index is 1.21. The molecule has 4 fully saturated rings. The van der Waals surface area contributed by atoms with E-state index in [2.05, 4.69) is 39.1 Å². The zero-order valence-corrected chi connectivity index (χ0v) is 15.8. The number of hydrogen-bond acceptors (Lipinski definition) is 2. The van der Waals surface area contributed by atoms with Crippen molar-refractivity contribution in [3.8, 4) is 11.3 Å². The van der Waals surface area contributed by atoms with Gasteiger partial charge in [-0.3, -0.25) is 4.79 Å². The number of aromatic nitrogens is 2. The van der Waals surface area contributed by atoms with E-state index in [4.69, 9.17) is 0 Å².